The van der Waals surface area contributed by atoms with Crippen LogP contribution in [0.15, 0.2) is 60.0 Å². The Hall–Kier alpha value is -2.59. The van der Waals surface area contributed by atoms with Crippen LogP contribution >= 0.6 is 11.3 Å². The van der Waals surface area contributed by atoms with Crippen molar-refractivity contribution in [3.8, 4) is 16.9 Å². The van der Waals surface area contributed by atoms with E-state index in [0.29, 0.717) is 6.54 Å². The molecule has 3 rings (SSSR count). The van der Waals surface area contributed by atoms with Crippen LogP contribution in [0.4, 0.5) is 0 Å². The Balaban J connectivity index is 1.77. The number of hydrogen-bond donors (Lipinski definition) is 1. The van der Waals surface area contributed by atoms with Crippen LogP contribution in [0.3, 0.4) is 0 Å². The second kappa shape index (κ2) is 7.32. The van der Waals surface area contributed by atoms with Gasteiger partial charge in [-0.1, -0.05) is 48.0 Å². The number of para-hydroxylation sites is 1. The third-order valence-corrected chi connectivity index (χ3v) is 4.78. The third-order valence-electron chi connectivity index (χ3n) is 3.87. The molecule has 24 heavy (non-hydrogen) atoms. The summed E-state index contributed by atoms with van der Waals surface area (Å²) in [6, 6.07) is 17.9. The summed E-state index contributed by atoms with van der Waals surface area (Å²) in [4.78, 5) is 13.3. The molecule has 0 aliphatic rings. The Morgan fingerprint density at radius 1 is 1.08 bits per heavy atom. The van der Waals surface area contributed by atoms with Gasteiger partial charge >= 0.3 is 0 Å². The van der Waals surface area contributed by atoms with Crippen LogP contribution in [0.2, 0.25) is 0 Å². The summed E-state index contributed by atoms with van der Waals surface area (Å²) in [7, 11) is 1.63. The van der Waals surface area contributed by atoms with Gasteiger partial charge in [-0.05, 0) is 30.0 Å². The summed E-state index contributed by atoms with van der Waals surface area (Å²) in [6.07, 6.45) is 0. The molecule has 1 amide bonds. The molecule has 0 saturated carbocycles. The van der Waals surface area contributed by atoms with Crippen LogP contribution in [-0.4, -0.2) is 13.0 Å². The Morgan fingerprint density at radius 3 is 2.58 bits per heavy atom. The SMILES string of the molecule is COc1ccccc1CNC(=O)c1sccc1-c1ccc(C)cc1. The lowest BCUT2D eigenvalue weighted by atomic mass is 10.0. The van der Waals surface area contributed by atoms with Gasteiger partial charge in [-0.3, -0.25) is 4.79 Å². The van der Waals surface area contributed by atoms with Crippen LogP contribution in [0.25, 0.3) is 11.1 Å². The van der Waals surface area contributed by atoms with Crippen molar-refractivity contribution in [3.63, 3.8) is 0 Å². The van der Waals surface area contributed by atoms with Gasteiger partial charge in [-0.2, -0.15) is 0 Å². The first-order valence-electron chi connectivity index (χ1n) is 7.73. The lowest BCUT2D eigenvalue weighted by Gasteiger charge is -2.10. The lowest BCUT2D eigenvalue weighted by molar-refractivity contribution is 0.0955. The van der Waals surface area contributed by atoms with E-state index in [9.17, 15) is 4.79 Å². The predicted octanol–water partition coefficient (Wildman–Crippen LogP) is 4.66. The van der Waals surface area contributed by atoms with E-state index >= 15 is 0 Å². The number of nitrogens with one attached hydrogen (secondary N) is 1. The number of carbonyl (C=O) groups excluding carboxylic acids is 1. The molecule has 1 N–H and O–H groups in total. The Morgan fingerprint density at radius 2 is 1.83 bits per heavy atom. The highest BCUT2D eigenvalue weighted by atomic mass is 32.1. The van der Waals surface area contributed by atoms with E-state index in [-0.39, 0.29) is 5.91 Å². The van der Waals surface area contributed by atoms with E-state index < -0.39 is 0 Å². The molecule has 0 radical (unpaired) electrons. The second-order valence-corrected chi connectivity index (χ2v) is 6.44. The molecule has 1 aromatic heterocycles. The number of thiophene rings is 1. The molecular weight excluding hydrogens is 318 g/mol. The maximum atomic E-state index is 12.6. The van der Waals surface area contributed by atoms with Crippen molar-refractivity contribution < 1.29 is 9.53 Å². The van der Waals surface area contributed by atoms with Gasteiger partial charge in [0.25, 0.3) is 5.91 Å². The smallest absolute Gasteiger partial charge is 0.262 e. The van der Waals surface area contributed by atoms with E-state index in [2.05, 4.69) is 24.4 Å². The molecule has 0 aliphatic carbocycles. The van der Waals surface area contributed by atoms with Gasteiger partial charge in [0.1, 0.15) is 5.75 Å². The first-order valence-corrected chi connectivity index (χ1v) is 8.61. The molecule has 0 bridgehead atoms. The Kier molecular flexibility index (Phi) is 4.96. The number of hydrogen-bond acceptors (Lipinski definition) is 3. The summed E-state index contributed by atoms with van der Waals surface area (Å²) in [6.45, 7) is 2.49. The number of rotatable bonds is 5. The minimum Gasteiger partial charge on any atom is -0.496 e. The van der Waals surface area contributed by atoms with Crippen LogP contribution in [0, 0.1) is 6.92 Å². The fourth-order valence-corrected chi connectivity index (χ4v) is 3.38. The highest BCUT2D eigenvalue weighted by molar-refractivity contribution is 7.12. The average Bonchev–Trinajstić information content (AvgIpc) is 3.10. The van der Waals surface area contributed by atoms with Crippen LogP contribution < -0.4 is 10.1 Å². The van der Waals surface area contributed by atoms with Crippen molar-refractivity contribution in [2.45, 2.75) is 13.5 Å². The molecular formula is C20H19NO2S. The normalized spacial score (nSPS) is 10.4. The van der Waals surface area contributed by atoms with Crippen molar-refractivity contribution in [1.82, 2.24) is 5.32 Å². The number of amides is 1. The van der Waals surface area contributed by atoms with E-state index in [0.717, 1.165) is 27.3 Å². The van der Waals surface area contributed by atoms with E-state index in [1.807, 2.05) is 47.8 Å². The van der Waals surface area contributed by atoms with Crippen LogP contribution in [-0.2, 0) is 6.54 Å². The van der Waals surface area contributed by atoms with Crippen molar-refractivity contribution in [2.75, 3.05) is 7.11 Å². The minimum atomic E-state index is -0.0634. The summed E-state index contributed by atoms with van der Waals surface area (Å²) >= 11 is 1.46. The number of methoxy groups -OCH3 is 1. The van der Waals surface area contributed by atoms with Gasteiger partial charge in [0.2, 0.25) is 0 Å². The van der Waals surface area contributed by atoms with Gasteiger partial charge < -0.3 is 10.1 Å². The number of ether oxygens (including phenoxy) is 1. The minimum absolute atomic E-state index is 0.0634. The standard InChI is InChI=1S/C20H19NO2S/c1-14-7-9-15(10-8-14)17-11-12-24-19(17)20(22)21-13-16-5-3-4-6-18(16)23-2/h3-12H,13H2,1-2H3,(H,21,22). The van der Waals surface area contributed by atoms with Gasteiger partial charge in [-0.15, -0.1) is 11.3 Å². The molecule has 4 heteroatoms. The quantitative estimate of drug-likeness (QED) is 0.735. The van der Waals surface area contributed by atoms with Gasteiger partial charge in [-0.25, -0.2) is 0 Å². The fraction of sp³-hybridized carbons (Fsp3) is 0.150. The van der Waals surface area contributed by atoms with Crippen molar-refractivity contribution >= 4 is 17.2 Å². The molecule has 1 heterocycles. The van der Waals surface area contributed by atoms with Crippen LogP contribution in [0.1, 0.15) is 20.8 Å². The van der Waals surface area contributed by atoms with Crippen LogP contribution in [0.5, 0.6) is 5.75 Å². The molecule has 122 valence electrons. The number of carbonyl (C=O) groups is 1. The average molecular weight is 337 g/mol. The summed E-state index contributed by atoms with van der Waals surface area (Å²) < 4.78 is 5.32. The van der Waals surface area contributed by atoms with Crippen molar-refractivity contribution in [3.05, 3.63) is 76.0 Å². The van der Waals surface area contributed by atoms with Gasteiger partial charge in [0, 0.05) is 17.7 Å². The summed E-state index contributed by atoms with van der Waals surface area (Å²) in [5, 5.41) is 4.94. The molecule has 0 saturated heterocycles. The Bertz CT molecular complexity index is 837. The third kappa shape index (κ3) is 3.49. The van der Waals surface area contributed by atoms with E-state index in [4.69, 9.17) is 4.74 Å². The molecule has 0 aliphatic heterocycles. The fourth-order valence-electron chi connectivity index (χ4n) is 2.55. The van der Waals surface area contributed by atoms with E-state index in [1.54, 1.807) is 7.11 Å². The number of aryl methyl sites for hydroxylation is 1. The first kappa shape index (κ1) is 16.3. The molecule has 0 fully saturated rings. The first-order chi connectivity index (χ1) is 11.7. The van der Waals surface area contributed by atoms with Crippen molar-refractivity contribution in [2.24, 2.45) is 0 Å². The zero-order valence-electron chi connectivity index (χ0n) is 13.7. The monoisotopic (exact) mass is 337 g/mol. The predicted molar refractivity (Wildman–Crippen MR) is 98.7 cm³/mol. The molecule has 0 spiro atoms. The molecule has 0 unspecified atom stereocenters. The van der Waals surface area contributed by atoms with Gasteiger partial charge in [0.05, 0.1) is 12.0 Å². The zero-order chi connectivity index (χ0) is 16.9. The number of benzene rings is 2. The second-order valence-electron chi connectivity index (χ2n) is 5.52. The molecule has 0 atom stereocenters. The van der Waals surface area contributed by atoms with E-state index in [1.165, 1.54) is 16.9 Å². The summed E-state index contributed by atoms with van der Waals surface area (Å²) in [5.74, 6) is 0.717. The lowest BCUT2D eigenvalue weighted by Crippen LogP contribution is -2.22. The highest BCUT2D eigenvalue weighted by Gasteiger charge is 2.15. The molecule has 2 aromatic carbocycles. The largest absolute Gasteiger partial charge is 0.496 e. The maximum Gasteiger partial charge on any atom is 0.262 e. The Labute approximate surface area is 145 Å². The molecule has 3 aromatic rings. The summed E-state index contributed by atoms with van der Waals surface area (Å²) in [5.41, 5.74) is 4.19. The maximum absolute atomic E-state index is 12.6. The molecule has 3 nitrogen and oxygen atoms in total. The highest BCUT2D eigenvalue weighted by Crippen LogP contribution is 2.28. The van der Waals surface area contributed by atoms with Gasteiger partial charge in [0.15, 0.2) is 0 Å². The zero-order valence-corrected chi connectivity index (χ0v) is 14.5. The van der Waals surface area contributed by atoms with Crippen molar-refractivity contribution in [1.29, 1.82) is 0 Å². The topological polar surface area (TPSA) is 38.3 Å².